The monoisotopic (exact) mass is 406 g/mol. The number of carbonyl (C=O) groups is 2. The number of amides is 2. The van der Waals surface area contributed by atoms with Crippen LogP contribution in [0, 0.1) is 12.7 Å². The average molecular weight is 407 g/mol. The first-order valence-electron chi connectivity index (χ1n) is 8.93. The van der Waals surface area contributed by atoms with Crippen LogP contribution in [0.1, 0.15) is 11.1 Å². The number of carbonyl (C=O) groups excluding carboxylic acids is 2. The van der Waals surface area contributed by atoms with Crippen molar-refractivity contribution < 1.29 is 14.0 Å². The van der Waals surface area contributed by atoms with E-state index in [1.54, 1.807) is 24.3 Å². The number of para-hydroxylation sites is 2. The fourth-order valence-electron chi connectivity index (χ4n) is 3.23. The minimum absolute atomic E-state index is 0.121. The summed E-state index contributed by atoms with van der Waals surface area (Å²) in [5.41, 5.74) is 2.63. The van der Waals surface area contributed by atoms with Gasteiger partial charge in [-0.25, -0.2) is 9.29 Å². The quantitative estimate of drug-likeness (QED) is 0.607. The summed E-state index contributed by atoms with van der Waals surface area (Å²) in [6.45, 7) is 1.90. The van der Waals surface area contributed by atoms with Gasteiger partial charge in [-0.05, 0) is 48.4 Å². The van der Waals surface area contributed by atoms with Crippen LogP contribution in [-0.4, -0.2) is 11.8 Å². The van der Waals surface area contributed by atoms with E-state index < -0.39 is 17.6 Å². The van der Waals surface area contributed by atoms with Gasteiger partial charge in [-0.1, -0.05) is 54.1 Å². The lowest BCUT2D eigenvalue weighted by Gasteiger charge is -2.17. The van der Waals surface area contributed by atoms with Crippen molar-refractivity contribution in [1.82, 2.24) is 0 Å². The Morgan fingerprint density at radius 2 is 1.52 bits per heavy atom. The van der Waals surface area contributed by atoms with Crippen LogP contribution >= 0.6 is 11.6 Å². The highest BCUT2D eigenvalue weighted by Crippen LogP contribution is 2.36. The Morgan fingerprint density at radius 3 is 2.21 bits per heavy atom. The van der Waals surface area contributed by atoms with Gasteiger partial charge in [0.2, 0.25) is 0 Å². The fourth-order valence-corrected chi connectivity index (χ4v) is 3.45. The van der Waals surface area contributed by atoms with Crippen LogP contribution < -0.4 is 10.2 Å². The smallest absolute Gasteiger partial charge is 0.282 e. The van der Waals surface area contributed by atoms with Crippen LogP contribution in [0.4, 0.5) is 15.8 Å². The summed E-state index contributed by atoms with van der Waals surface area (Å²) in [5.74, 6) is -1.47. The number of hydrogen-bond acceptors (Lipinski definition) is 3. The lowest BCUT2D eigenvalue weighted by molar-refractivity contribution is -0.120. The highest BCUT2D eigenvalue weighted by Gasteiger charge is 2.41. The first kappa shape index (κ1) is 18.9. The van der Waals surface area contributed by atoms with Crippen LogP contribution in [0.5, 0.6) is 0 Å². The van der Waals surface area contributed by atoms with Gasteiger partial charge < -0.3 is 5.32 Å². The second kappa shape index (κ2) is 7.53. The second-order valence-electron chi connectivity index (χ2n) is 6.59. The highest BCUT2D eigenvalue weighted by atomic mass is 35.5. The molecule has 0 atom stereocenters. The van der Waals surface area contributed by atoms with Gasteiger partial charge in [-0.3, -0.25) is 9.59 Å². The molecule has 1 N–H and O–H groups in total. The molecule has 3 aromatic rings. The molecule has 0 aromatic heterocycles. The fraction of sp³-hybridized carbons (Fsp3) is 0.0435. The van der Waals surface area contributed by atoms with Crippen molar-refractivity contribution in [2.24, 2.45) is 0 Å². The number of halogens is 2. The van der Waals surface area contributed by atoms with E-state index in [2.05, 4.69) is 5.32 Å². The molecule has 4 rings (SSSR count). The number of nitrogens with zero attached hydrogens (tertiary/aromatic N) is 1. The van der Waals surface area contributed by atoms with Crippen molar-refractivity contribution in [2.75, 3.05) is 10.2 Å². The summed E-state index contributed by atoms with van der Waals surface area (Å²) in [6.07, 6.45) is 0. The maximum Gasteiger partial charge on any atom is 0.282 e. The van der Waals surface area contributed by atoms with Crippen LogP contribution in [0.3, 0.4) is 0 Å². The normalized spacial score (nSPS) is 14.0. The van der Waals surface area contributed by atoms with Crippen molar-refractivity contribution >= 4 is 40.4 Å². The largest absolute Gasteiger partial charge is 0.350 e. The molecule has 0 saturated heterocycles. The number of benzene rings is 3. The number of imide groups is 1. The summed E-state index contributed by atoms with van der Waals surface area (Å²) in [4.78, 5) is 27.6. The SMILES string of the molecule is Cc1ccccc1NC1=C(c2ccc(F)cc2)C(=O)N(c2ccccc2Cl)C1=O. The van der Waals surface area contributed by atoms with E-state index in [0.717, 1.165) is 10.5 Å². The number of anilines is 2. The molecule has 6 heteroatoms. The molecule has 0 radical (unpaired) electrons. The van der Waals surface area contributed by atoms with E-state index in [-0.39, 0.29) is 16.3 Å². The van der Waals surface area contributed by atoms with E-state index in [1.807, 2.05) is 31.2 Å². The summed E-state index contributed by atoms with van der Waals surface area (Å²) >= 11 is 6.25. The van der Waals surface area contributed by atoms with Crippen molar-refractivity contribution in [3.63, 3.8) is 0 Å². The number of nitrogens with one attached hydrogen (secondary N) is 1. The third-order valence-corrected chi connectivity index (χ3v) is 5.03. The number of rotatable bonds is 4. The second-order valence-corrected chi connectivity index (χ2v) is 7.00. The molecule has 0 fully saturated rings. The summed E-state index contributed by atoms with van der Waals surface area (Å²) in [5, 5.41) is 3.38. The zero-order chi connectivity index (χ0) is 20.5. The molecule has 2 amide bonds. The average Bonchev–Trinajstić information content (AvgIpc) is 2.95. The number of aryl methyl sites for hydroxylation is 1. The standard InChI is InChI=1S/C23H16ClFN2O2/c1-14-6-2-4-8-18(14)26-21-20(15-10-12-16(25)13-11-15)22(28)27(23(21)29)19-9-5-3-7-17(19)24/h2-13,26H,1H3. The molecule has 0 saturated carbocycles. The minimum Gasteiger partial charge on any atom is -0.350 e. The molecule has 4 nitrogen and oxygen atoms in total. The molecule has 29 heavy (non-hydrogen) atoms. The van der Waals surface area contributed by atoms with E-state index >= 15 is 0 Å². The van der Waals surface area contributed by atoms with Gasteiger partial charge in [0.1, 0.15) is 11.5 Å². The van der Waals surface area contributed by atoms with Gasteiger partial charge in [-0.2, -0.15) is 0 Å². The first-order valence-corrected chi connectivity index (χ1v) is 9.31. The van der Waals surface area contributed by atoms with Gasteiger partial charge in [-0.15, -0.1) is 0 Å². The predicted molar refractivity (Wildman–Crippen MR) is 112 cm³/mol. The van der Waals surface area contributed by atoms with Crippen LogP contribution in [0.25, 0.3) is 5.57 Å². The topological polar surface area (TPSA) is 49.4 Å². The van der Waals surface area contributed by atoms with Gasteiger partial charge in [0.15, 0.2) is 0 Å². The van der Waals surface area contributed by atoms with Gasteiger partial charge >= 0.3 is 0 Å². The molecular formula is C23H16ClFN2O2. The van der Waals surface area contributed by atoms with E-state index in [1.165, 1.54) is 24.3 Å². The lowest BCUT2D eigenvalue weighted by Crippen LogP contribution is -2.32. The van der Waals surface area contributed by atoms with Crippen molar-refractivity contribution in [3.8, 4) is 0 Å². The Hall–Kier alpha value is -3.44. The van der Waals surface area contributed by atoms with Crippen molar-refractivity contribution in [1.29, 1.82) is 0 Å². The molecule has 1 aliphatic heterocycles. The molecule has 1 aliphatic rings. The Labute approximate surface area is 172 Å². The third kappa shape index (κ3) is 3.41. The summed E-state index contributed by atoms with van der Waals surface area (Å²) < 4.78 is 13.4. The van der Waals surface area contributed by atoms with Gasteiger partial charge in [0, 0.05) is 5.69 Å². The first-order chi connectivity index (χ1) is 14.0. The van der Waals surface area contributed by atoms with Crippen LogP contribution in [0.15, 0.2) is 78.5 Å². The van der Waals surface area contributed by atoms with Gasteiger partial charge in [0.25, 0.3) is 11.8 Å². The maximum absolute atomic E-state index is 13.4. The Bertz CT molecular complexity index is 1160. The van der Waals surface area contributed by atoms with Crippen LogP contribution in [-0.2, 0) is 9.59 Å². The molecule has 1 heterocycles. The Morgan fingerprint density at radius 1 is 0.862 bits per heavy atom. The molecule has 144 valence electrons. The molecule has 0 unspecified atom stereocenters. The minimum atomic E-state index is -0.523. The lowest BCUT2D eigenvalue weighted by atomic mass is 10.0. The molecule has 3 aromatic carbocycles. The van der Waals surface area contributed by atoms with Crippen LogP contribution in [0.2, 0.25) is 5.02 Å². The highest BCUT2D eigenvalue weighted by molar-refractivity contribution is 6.48. The summed E-state index contributed by atoms with van der Waals surface area (Å²) in [6, 6.07) is 19.5. The molecule has 0 spiro atoms. The third-order valence-electron chi connectivity index (χ3n) is 4.71. The van der Waals surface area contributed by atoms with E-state index in [4.69, 9.17) is 11.6 Å². The van der Waals surface area contributed by atoms with E-state index in [0.29, 0.717) is 16.9 Å². The van der Waals surface area contributed by atoms with Gasteiger partial charge in [0.05, 0.1) is 16.3 Å². The van der Waals surface area contributed by atoms with Crippen molar-refractivity contribution in [2.45, 2.75) is 6.92 Å². The Kier molecular flexibility index (Phi) is 4.91. The zero-order valence-electron chi connectivity index (χ0n) is 15.4. The number of hydrogen-bond donors (Lipinski definition) is 1. The summed E-state index contributed by atoms with van der Waals surface area (Å²) in [7, 11) is 0. The Balaban J connectivity index is 1.86. The molecular weight excluding hydrogens is 391 g/mol. The predicted octanol–water partition coefficient (Wildman–Crippen LogP) is 5.18. The zero-order valence-corrected chi connectivity index (χ0v) is 16.2. The molecule has 0 aliphatic carbocycles. The van der Waals surface area contributed by atoms with Crippen molar-refractivity contribution in [3.05, 3.63) is 100 Å². The maximum atomic E-state index is 13.4. The van der Waals surface area contributed by atoms with E-state index in [9.17, 15) is 14.0 Å². The molecule has 0 bridgehead atoms.